The van der Waals surface area contributed by atoms with Crippen molar-refractivity contribution in [3.63, 3.8) is 0 Å². The molecule has 0 aliphatic carbocycles. The fourth-order valence-electron chi connectivity index (χ4n) is 5.10. The Morgan fingerprint density at radius 1 is 0.929 bits per heavy atom. The quantitative estimate of drug-likeness (QED) is 0.276. The van der Waals surface area contributed by atoms with Crippen LogP contribution in [-0.2, 0) is 18.9 Å². The first-order valence-electron chi connectivity index (χ1n) is 13.6. The highest BCUT2D eigenvalue weighted by molar-refractivity contribution is 5.94. The molecule has 1 amide bonds. The van der Waals surface area contributed by atoms with Crippen LogP contribution in [0.25, 0.3) is 5.69 Å². The zero-order chi connectivity index (χ0) is 30.8. The Labute approximate surface area is 239 Å². The number of carbonyl (C=O) groups is 1. The van der Waals surface area contributed by atoms with Crippen LogP contribution < -0.4 is 4.90 Å². The number of carbonyl (C=O) groups excluding carboxylic acids is 1. The first-order chi connectivity index (χ1) is 19.7. The molecule has 1 aliphatic heterocycles. The number of piperazine rings is 1. The number of likely N-dealkylation sites (N-methyl/N-ethyl adjacent to an activating group) is 1. The number of nitrogens with zero attached hydrogens (tertiary/aromatic N) is 5. The van der Waals surface area contributed by atoms with Crippen molar-refractivity contribution in [1.29, 1.82) is 0 Å². The summed E-state index contributed by atoms with van der Waals surface area (Å²) in [5, 5.41) is 4.63. The molecule has 1 aliphatic rings. The first-order valence-corrected chi connectivity index (χ1v) is 13.6. The van der Waals surface area contributed by atoms with Gasteiger partial charge in [0.05, 0.1) is 29.1 Å². The number of rotatable bonds is 8. The van der Waals surface area contributed by atoms with Gasteiger partial charge in [0.2, 0.25) is 0 Å². The summed E-state index contributed by atoms with van der Waals surface area (Å²) in [7, 11) is 0. The van der Waals surface area contributed by atoms with Crippen LogP contribution in [0.1, 0.15) is 53.0 Å². The lowest BCUT2D eigenvalue weighted by Gasteiger charge is -2.36. The van der Waals surface area contributed by atoms with Gasteiger partial charge < -0.3 is 14.7 Å². The lowest BCUT2D eigenvalue weighted by Crippen LogP contribution is -2.47. The number of anilines is 1. The fourth-order valence-corrected chi connectivity index (χ4v) is 5.10. The molecule has 3 aromatic rings. The molecule has 0 saturated carbocycles. The fraction of sp³-hybridized carbons (Fsp3) is 0.448. The van der Waals surface area contributed by atoms with Crippen LogP contribution in [0.2, 0.25) is 0 Å². The van der Waals surface area contributed by atoms with Crippen LogP contribution >= 0.6 is 0 Å². The molecule has 1 aromatic heterocycles. The molecule has 0 unspecified atom stereocenters. The molecular formula is C29H32F7N5O. The molecule has 0 atom stereocenters. The Balaban J connectivity index is 1.79. The van der Waals surface area contributed by atoms with E-state index in [4.69, 9.17) is 0 Å². The standard InChI is InChI=1S/C29H32F7N5O/c1-4-9-40(27(42)20-14-21(28(31,32)33)16-22(15-20)29(34,35)36)18-25-19(3)37-41(24-8-6-7-23(30)17-24)26(25)39-12-10-38(5-2)11-13-39/h6-8,14-17H,4-5,9-13,18H2,1-3H3. The van der Waals surface area contributed by atoms with Gasteiger partial charge in [0.1, 0.15) is 11.6 Å². The Kier molecular flexibility index (Phi) is 9.19. The minimum Gasteiger partial charge on any atom is -0.354 e. The molecule has 0 spiro atoms. The summed E-state index contributed by atoms with van der Waals surface area (Å²) in [6.45, 7) is 9.01. The maximum Gasteiger partial charge on any atom is 0.416 e. The normalized spacial score (nSPS) is 14.9. The van der Waals surface area contributed by atoms with Crippen LogP contribution in [0.4, 0.5) is 36.6 Å². The second kappa shape index (κ2) is 12.3. The van der Waals surface area contributed by atoms with E-state index in [9.17, 15) is 35.5 Å². The first kappa shape index (κ1) is 31.3. The number of alkyl halides is 6. The third-order valence-electron chi connectivity index (χ3n) is 7.29. The third kappa shape index (κ3) is 6.88. The van der Waals surface area contributed by atoms with Gasteiger partial charge in [0.15, 0.2) is 0 Å². The predicted molar refractivity (Wildman–Crippen MR) is 144 cm³/mol. The minimum atomic E-state index is -5.08. The molecule has 0 bridgehead atoms. The van der Waals surface area contributed by atoms with E-state index in [0.29, 0.717) is 54.4 Å². The van der Waals surface area contributed by atoms with Gasteiger partial charge in [0.25, 0.3) is 5.91 Å². The molecule has 42 heavy (non-hydrogen) atoms. The van der Waals surface area contributed by atoms with E-state index < -0.39 is 40.8 Å². The molecule has 0 radical (unpaired) electrons. The van der Waals surface area contributed by atoms with E-state index in [0.717, 1.165) is 19.6 Å². The van der Waals surface area contributed by atoms with E-state index in [1.807, 2.05) is 0 Å². The van der Waals surface area contributed by atoms with E-state index >= 15 is 0 Å². The summed E-state index contributed by atoms with van der Waals surface area (Å²) < 4.78 is 96.9. The molecule has 6 nitrogen and oxygen atoms in total. The maximum atomic E-state index is 14.2. The molecule has 4 rings (SSSR count). The summed E-state index contributed by atoms with van der Waals surface area (Å²) in [6, 6.07) is 6.75. The van der Waals surface area contributed by atoms with Crippen molar-refractivity contribution in [3.8, 4) is 5.69 Å². The smallest absolute Gasteiger partial charge is 0.354 e. The number of hydrogen-bond acceptors (Lipinski definition) is 4. The van der Waals surface area contributed by atoms with Crippen molar-refractivity contribution in [2.45, 2.75) is 46.1 Å². The third-order valence-corrected chi connectivity index (χ3v) is 7.29. The van der Waals surface area contributed by atoms with Gasteiger partial charge >= 0.3 is 12.4 Å². The minimum absolute atomic E-state index is 0.00215. The number of aromatic nitrogens is 2. The lowest BCUT2D eigenvalue weighted by atomic mass is 10.0. The largest absolute Gasteiger partial charge is 0.416 e. The van der Waals surface area contributed by atoms with Gasteiger partial charge in [-0.25, -0.2) is 9.07 Å². The second-order valence-electron chi connectivity index (χ2n) is 10.2. The molecular weight excluding hydrogens is 567 g/mol. The van der Waals surface area contributed by atoms with Crippen LogP contribution in [-0.4, -0.2) is 64.8 Å². The van der Waals surface area contributed by atoms with Crippen LogP contribution in [0, 0.1) is 12.7 Å². The summed E-state index contributed by atoms with van der Waals surface area (Å²) in [5.41, 5.74) is -2.30. The van der Waals surface area contributed by atoms with Gasteiger partial charge in [-0.3, -0.25) is 4.79 Å². The van der Waals surface area contributed by atoms with Crippen molar-refractivity contribution >= 4 is 11.7 Å². The van der Waals surface area contributed by atoms with Crippen LogP contribution in [0.5, 0.6) is 0 Å². The van der Waals surface area contributed by atoms with Crippen molar-refractivity contribution in [3.05, 3.63) is 76.2 Å². The van der Waals surface area contributed by atoms with Crippen LogP contribution in [0.3, 0.4) is 0 Å². The zero-order valence-corrected chi connectivity index (χ0v) is 23.5. The molecule has 1 fully saturated rings. The molecule has 228 valence electrons. The number of amides is 1. The topological polar surface area (TPSA) is 44.6 Å². The number of benzene rings is 2. The second-order valence-corrected chi connectivity index (χ2v) is 10.2. The Morgan fingerprint density at radius 3 is 2.07 bits per heavy atom. The molecule has 13 heteroatoms. The van der Waals surface area contributed by atoms with Crippen LogP contribution in [0.15, 0.2) is 42.5 Å². The molecule has 1 saturated heterocycles. The molecule has 0 N–H and O–H groups in total. The van der Waals surface area contributed by atoms with Crippen molar-refractivity contribution in [2.24, 2.45) is 0 Å². The predicted octanol–water partition coefficient (Wildman–Crippen LogP) is 6.55. The Bertz CT molecular complexity index is 1380. The number of halogens is 7. The summed E-state index contributed by atoms with van der Waals surface area (Å²) in [4.78, 5) is 19.1. The van der Waals surface area contributed by atoms with E-state index in [2.05, 4.69) is 21.8 Å². The number of aryl methyl sites for hydroxylation is 1. The summed E-state index contributed by atoms with van der Waals surface area (Å²) in [5.74, 6) is -0.840. The number of hydrogen-bond donors (Lipinski definition) is 0. The van der Waals surface area contributed by atoms with Gasteiger partial charge in [0, 0.05) is 43.9 Å². The Hall–Kier alpha value is -3.61. The SMILES string of the molecule is CCCN(Cc1c(C)nn(-c2cccc(F)c2)c1N1CCN(CC)CC1)C(=O)c1cc(C(F)(F)F)cc(C(F)(F)F)c1. The van der Waals surface area contributed by atoms with Gasteiger partial charge in [-0.05, 0) is 56.3 Å². The monoisotopic (exact) mass is 599 g/mol. The highest BCUT2D eigenvalue weighted by Crippen LogP contribution is 2.37. The van der Waals surface area contributed by atoms with Crippen molar-refractivity contribution < 1.29 is 35.5 Å². The summed E-state index contributed by atoms with van der Waals surface area (Å²) >= 11 is 0. The average Bonchev–Trinajstić information content (AvgIpc) is 3.26. The van der Waals surface area contributed by atoms with Gasteiger partial charge in [-0.2, -0.15) is 31.4 Å². The van der Waals surface area contributed by atoms with Gasteiger partial charge in [-0.15, -0.1) is 0 Å². The highest BCUT2D eigenvalue weighted by atomic mass is 19.4. The maximum absolute atomic E-state index is 14.2. The van der Waals surface area contributed by atoms with Crippen molar-refractivity contribution in [1.82, 2.24) is 19.6 Å². The van der Waals surface area contributed by atoms with Crippen molar-refractivity contribution in [2.75, 3.05) is 44.2 Å². The Morgan fingerprint density at radius 2 is 1.55 bits per heavy atom. The average molecular weight is 600 g/mol. The molecule has 2 heterocycles. The summed E-state index contributed by atoms with van der Waals surface area (Å²) in [6.07, 6.45) is -9.76. The van der Waals surface area contributed by atoms with Gasteiger partial charge in [-0.1, -0.05) is 19.9 Å². The highest BCUT2D eigenvalue weighted by Gasteiger charge is 2.38. The molecule has 2 aromatic carbocycles. The van der Waals surface area contributed by atoms with E-state index in [1.165, 1.54) is 17.0 Å². The van der Waals surface area contributed by atoms with E-state index in [-0.39, 0.29) is 19.2 Å². The lowest BCUT2D eigenvalue weighted by molar-refractivity contribution is -0.143. The van der Waals surface area contributed by atoms with E-state index in [1.54, 1.807) is 30.7 Å². The zero-order valence-electron chi connectivity index (χ0n) is 23.5.